The Labute approximate surface area is 191 Å². The summed E-state index contributed by atoms with van der Waals surface area (Å²) >= 11 is 0. The molecule has 0 bridgehead atoms. The molecule has 1 aliphatic heterocycles. The molecule has 1 fully saturated rings. The molecule has 2 aromatic heterocycles. The molecule has 3 aromatic rings. The van der Waals surface area contributed by atoms with Crippen LogP contribution in [0.5, 0.6) is 0 Å². The number of aryl methyl sites for hydroxylation is 1. The van der Waals surface area contributed by atoms with Gasteiger partial charge in [0.05, 0.1) is 17.2 Å². The molecule has 1 aromatic carbocycles. The number of furan rings is 1. The van der Waals surface area contributed by atoms with Crippen molar-refractivity contribution in [2.75, 3.05) is 18.1 Å². The number of aromatic nitrogens is 2. The Bertz CT molecular complexity index is 1290. The van der Waals surface area contributed by atoms with Crippen LogP contribution in [0.15, 0.2) is 59.2 Å². The number of ether oxygens (including phenoxy) is 1. The van der Waals surface area contributed by atoms with Crippen molar-refractivity contribution in [3.05, 3.63) is 66.1 Å². The van der Waals surface area contributed by atoms with E-state index in [9.17, 15) is 18.0 Å². The van der Waals surface area contributed by atoms with Gasteiger partial charge in [0.1, 0.15) is 11.5 Å². The third-order valence-corrected chi connectivity index (χ3v) is 6.85. The van der Waals surface area contributed by atoms with Crippen molar-refractivity contribution in [2.45, 2.75) is 19.4 Å². The number of carbonyl (C=O) groups is 2. The highest BCUT2D eigenvalue weighted by atomic mass is 32.2. The topological polar surface area (TPSA) is 120 Å². The van der Waals surface area contributed by atoms with Gasteiger partial charge in [-0.2, -0.15) is 5.10 Å². The summed E-state index contributed by atoms with van der Waals surface area (Å²) in [5.41, 5.74) is 2.02. The van der Waals surface area contributed by atoms with Crippen LogP contribution in [0.2, 0.25) is 0 Å². The molecule has 9 nitrogen and oxygen atoms in total. The van der Waals surface area contributed by atoms with Crippen LogP contribution in [0.4, 0.5) is 0 Å². The van der Waals surface area contributed by atoms with Gasteiger partial charge in [0.15, 0.2) is 22.2 Å². The summed E-state index contributed by atoms with van der Waals surface area (Å²) in [5, 5.41) is 7.16. The summed E-state index contributed by atoms with van der Waals surface area (Å²) in [6.45, 7) is 1.34. The Balaban J connectivity index is 1.42. The Morgan fingerprint density at radius 2 is 2.03 bits per heavy atom. The molecular formula is C23H23N3O6S. The first-order valence-electron chi connectivity index (χ1n) is 10.4. The second-order valence-corrected chi connectivity index (χ2v) is 9.96. The minimum absolute atomic E-state index is 0.0503. The Hall–Kier alpha value is -3.66. The minimum Gasteiger partial charge on any atom is -0.460 e. The molecule has 172 valence electrons. The second-order valence-electron chi connectivity index (χ2n) is 7.73. The van der Waals surface area contributed by atoms with E-state index in [2.05, 4.69) is 10.4 Å². The summed E-state index contributed by atoms with van der Waals surface area (Å²) in [6, 6.07) is 12.7. The van der Waals surface area contributed by atoms with Gasteiger partial charge in [-0.25, -0.2) is 17.9 Å². The molecule has 1 saturated heterocycles. The van der Waals surface area contributed by atoms with Crippen LogP contribution >= 0.6 is 0 Å². The smallest absolute Gasteiger partial charge is 0.331 e. The van der Waals surface area contributed by atoms with Crippen LogP contribution < -0.4 is 5.32 Å². The van der Waals surface area contributed by atoms with E-state index in [0.29, 0.717) is 23.4 Å². The average Bonchev–Trinajstić information content (AvgIpc) is 3.49. The highest BCUT2D eigenvalue weighted by molar-refractivity contribution is 7.91. The van der Waals surface area contributed by atoms with E-state index in [4.69, 9.17) is 9.15 Å². The second kappa shape index (κ2) is 9.45. The van der Waals surface area contributed by atoms with Crippen molar-refractivity contribution in [3.8, 4) is 17.1 Å². The van der Waals surface area contributed by atoms with Crippen LogP contribution in [-0.4, -0.2) is 54.2 Å². The molecule has 10 heteroatoms. The zero-order valence-corrected chi connectivity index (χ0v) is 18.7. The van der Waals surface area contributed by atoms with Gasteiger partial charge in [0.25, 0.3) is 5.91 Å². The van der Waals surface area contributed by atoms with Crippen molar-refractivity contribution in [1.82, 2.24) is 15.1 Å². The van der Waals surface area contributed by atoms with E-state index in [1.54, 1.807) is 23.0 Å². The van der Waals surface area contributed by atoms with E-state index in [-0.39, 0.29) is 11.5 Å². The van der Waals surface area contributed by atoms with E-state index in [1.807, 2.05) is 43.3 Å². The molecule has 1 N–H and O–H groups in total. The van der Waals surface area contributed by atoms with E-state index >= 15 is 0 Å². The van der Waals surface area contributed by atoms with Crippen LogP contribution in [-0.2, 0) is 24.2 Å². The maximum atomic E-state index is 12.2. The maximum absolute atomic E-state index is 12.2. The minimum atomic E-state index is -3.10. The van der Waals surface area contributed by atoms with Crippen LogP contribution in [0, 0.1) is 6.92 Å². The monoisotopic (exact) mass is 469 g/mol. The lowest BCUT2D eigenvalue weighted by molar-refractivity contribution is -0.143. The first kappa shape index (κ1) is 22.5. The summed E-state index contributed by atoms with van der Waals surface area (Å²) in [7, 11) is -3.10. The van der Waals surface area contributed by atoms with E-state index < -0.39 is 34.4 Å². The van der Waals surface area contributed by atoms with Crippen molar-refractivity contribution >= 4 is 27.8 Å². The summed E-state index contributed by atoms with van der Waals surface area (Å²) < 4.78 is 35.3. The number of benzene rings is 1. The number of carbonyl (C=O) groups excluding carboxylic acids is 2. The molecule has 33 heavy (non-hydrogen) atoms. The predicted octanol–water partition coefficient (Wildman–Crippen LogP) is 2.30. The normalized spacial score (nSPS) is 17.3. The molecule has 0 saturated carbocycles. The van der Waals surface area contributed by atoms with Gasteiger partial charge < -0.3 is 14.5 Å². The Kier molecular flexibility index (Phi) is 6.45. The first-order valence-corrected chi connectivity index (χ1v) is 12.2. The van der Waals surface area contributed by atoms with Crippen LogP contribution in [0.3, 0.4) is 0 Å². The van der Waals surface area contributed by atoms with Crippen molar-refractivity contribution in [2.24, 2.45) is 0 Å². The average molecular weight is 470 g/mol. The van der Waals surface area contributed by atoms with Crippen LogP contribution in [0.25, 0.3) is 23.2 Å². The molecule has 1 amide bonds. The SMILES string of the molecule is Cc1ccc(-c2nn(-c3ccccc3)cc2/C=C/C(=O)OCC(=O)NC2CCS(=O)(=O)C2)o1. The summed E-state index contributed by atoms with van der Waals surface area (Å²) in [5.74, 6) is -0.00157. The van der Waals surface area contributed by atoms with Gasteiger partial charge >= 0.3 is 5.97 Å². The predicted molar refractivity (Wildman–Crippen MR) is 121 cm³/mol. The van der Waals surface area contributed by atoms with Gasteiger partial charge in [0, 0.05) is 23.9 Å². The molecular weight excluding hydrogens is 446 g/mol. The van der Waals surface area contributed by atoms with Gasteiger partial charge in [-0.15, -0.1) is 0 Å². The van der Waals surface area contributed by atoms with Crippen molar-refractivity contribution < 1.29 is 27.2 Å². The lowest BCUT2D eigenvalue weighted by atomic mass is 10.2. The number of para-hydroxylation sites is 1. The maximum Gasteiger partial charge on any atom is 0.331 e. The number of hydrogen-bond donors (Lipinski definition) is 1. The molecule has 1 unspecified atom stereocenters. The van der Waals surface area contributed by atoms with Crippen molar-refractivity contribution in [3.63, 3.8) is 0 Å². The van der Waals surface area contributed by atoms with Gasteiger partial charge in [-0.05, 0) is 43.7 Å². The first-order chi connectivity index (χ1) is 15.8. The summed E-state index contributed by atoms with van der Waals surface area (Å²) in [6.07, 6.45) is 4.88. The number of rotatable bonds is 7. The van der Waals surface area contributed by atoms with Gasteiger partial charge in [-0.1, -0.05) is 18.2 Å². The zero-order valence-electron chi connectivity index (χ0n) is 17.9. The molecule has 1 aliphatic rings. The number of nitrogens with one attached hydrogen (secondary N) is 1. The molecule has 0 spiro atoms. The highest BCUT2D eigenvalue weighted by Gasteiger charge is 2.29. The molecule has 0 radical (unpaired) electrons. The van der Waals surface area contributed by atoms with E-state index in [0.717, 1.165) is 11.4 Å². The highest BCUT2D eigenvalue weighted by Crippen LogP contribution is 2.26. The van der Waals surface area contributed by atoms with Crippen molar-refractivity contribution in [1.29, 1.82) is 0 Å². The van der Waals surface area contributed by atoms with Gasteiger partial charge in [-0.3, -0.25) is 4.79 Å². The summed E-state index contributed by atoms with van der Waals surface area (Å²) in [4.78, 5) is 24.1. The third kappa shape index (κ3) is 5.78. The Morgan fingerprint density at radius 1 is 1.24 bits per heavy atom. The molecule has 4 rings (SSSR count). The molecule has 0 aliphatic carbocycles. The number of esters is 1. The lowest BCUT2D eigenvalue weighted by Gasteiger charge is -2.10. The quantitative estimate of drug-likeness (QED) is 0.416. The number of amides is 1. The standard InChI is InChI=1S/C23H23N3O6S/c1-16-7-9-20(32-16)23-17(13-26(25-23)19-5-3-2-4-6-19)8-10-22(28)31-14-21(27)24-18-11-12-33(29,30)15-18/h2-10,13,18H,11-12,14-15H2,1H3,(H,24,27)/b10-8+. The van der Waals surface area contributed by atoms with Gasteiger partial charge in [0.2, 0.25) is 0 Å². The third-order valence-electron chi connectivity index (χ3n) is 5.08. The fourth-order valence-corrected chi connectivity index (χ4v) is 5.17. The largest absolute Gasteiger partial charge is 0.460 e. The fourth-order valence-electron chi connectivity index (χ4n) is 3.50. The van der Waals surface area contributed by atoms with Crippen LogP contribution in [0.1, 0.15) is 17.7 Å². The molecule has 1 atom stereocenters. The van der Waals surface area contributed by atoms with E-state index in [1.165, 1.54) is 6.08 Å². The Morgan fingerprint density at radius 3 is 2.70 bits per heavy atom. The number of nitrogens with zero attached hydrogens (tertiary/aromatic N) is 2. The number of hydrogen-bond acceptors (Lipinski definition) is 7. The lowest BCUT2D eigenvalue weighted by Crippen LogP contribution is -2.38. The zero-order chi connectivity index (χ0) is 23.4. The molecule has 3 heterocycles. The number of sulfone groups is 1. The fraction of sp³-hybridized carbons (Fsp3) is 0.261.